The molecule has 1 heterocycles. The molecule has 0 spiro atoms. The van der Waals surface area contributed by atoms with Crippen molar-refractivity contribution in [2.45, 2.75) is 46.6 Å². The molecule has 0 aromatic heterocycles. The maximum atomic E-state index is 12.1. The van der Waals surface area contributed by atoms with Crippen LogP contribution in [0.2, 0.25) is 0 Å². The summed E-state index contributed by atoms with van der Waals surface area (Å²) < 4.78 is 0. The Morgan fingerprint density at radius 1 is 1.44 bits per heavy atom. The Hall–Kier alpha value is -0.570. The van der Waals surface area contributed by atoms with Crippen LogP contribution < -0.4 is 5.32 Å². The van der Waals surface area contributed by atoms with Crippen molar-refractivity contribution in [3.05, 3.63) is 0 Å². The van der Waals surface area contributed by atoms with Gasteiger partial charge in [-0.25, -0.2) is 0 Å². The molecule has 2 unspecified atom stereocenters. The largest absolute Gasteiger partial charge is 0.341 e. The van der Waals surface area contributed by atoms with Crippen LogP contribution in [-0.4, -0.2) is 36.5 Å². The maximum Gasteiger partial charge on any atom is 0.239 e. The van der Waals surface area contributed by atoms with Crippen molar-refractivity contribution in [2.75, 3.05) is 19.6 Å². The molecule has 0 aromatic rings. The second-order valence-electron chi connectivity index (χ2n) is 5.26. The van der Waals surface area contributed by atoms with Gasteiger partial charge in [-0.15, -0.1) is 0 Å². The number of piperidine rings is 1. The summed E-state index contributed by atoms with van der Waals surface area (Å²) in [4.78, 5) is 14.2. The van der Waals surface area contributed by atoms with E-state index in [1.807, 2.05) is 4.90 Å². The minimum absolute atomic E-state index is 0.0677. The predicted molar refractivity (Wildman–Crippen MR) is 67.3 cm³/mol. The van der Waals surface area contributed by atoms with Gasteiger partial charge in [0.05, 0.1) is 6.04 Å². The molecular weight excluding hydrogens is 200 g/mol. The average Bonchev–Trinajstić information content (AvgIpc) is 2.24. The highest BCUT2D eigenvalue weighted by Gasteiger charge is 2.28. The van der Waals surface area contributed by atoms with E-state index in [0.29, 0.717) is 17.7 Å². The Kier molecular flexibility index (Phi) is 5.26. The number of hydrogen-bond donors (Lipinski definition) is 1. The highest BCUT2D eigenvalue weighted by molar-refractivity contribution is 5.82. The summed E-state index contributed by atoms with van der Waals surface area (Å²) in [5, 5.41) is 3.28. The first-order chi connectivity index (χ1) is 7.56. The molecule has 1 aliphatic rings. The lowest BCUT2D eigenvalue weighted by Crippen LogP contribution is -2.51. The van der Waals surface area contributed by atoms with E-state index in [0.717, 1.165) is 32.5 Å². The van der Waals surface area contributed by atoms with Gasteiger partial charge in [-0.3, -0.25) is 4.79 Å². The van der Waals surface area contributed by atoms with Crippen LogP contribution >= 0.6 is 0 Å². The Morgan fingerprint density at radius 2 is 2.12 bits per heavy atom. The second-order valence-corrected chi connectivity index (χ2v) is 5.26. The summed E-state index contributed by atoms with van der Waals surface area (Å²) >= 11 is 0. The number of nitrogens with zero attached hydrogens (tertiary/aromatic N) is 1. The molecule has 1 aliphatic heterocycles. The summed E-state index contributed by atoms with van der Waals surface area (Å²) in [5.74, 6) is 1.54. The van der Waals surface area contributed by atoms with Gasteiger partial charge in [0.1, 0.15) is 0 Å². The number of nitrogens with one attached hydrogen (secondary N) is 1. The van der Waals surface area contributed by atoms with Gasteiger partial charge in [0, 0.05) is 13.1 Å². The van der Waals surface area contributed by atoms with E-state index >= 15 is 0 Å². The third kappa shape index (κ3) is 3.48. The van der Waals surface area contributed by atoms with E-state index in [4.69, 9.17) is 0 Å². The number of likely N-dealkylation sites (N-methyl/N-ethyl adjacent to an activating group) is 1. The summed E-state index contributed by atoms with van der Waals surface area (Å²) in [6.45, 7) is 11.5. The van der Waals surface area contributed by atoms with Crippen LogP contribution in [-0.2, 0) is 4.79 Å². The molecule has 0 saturated carbocycles. The fraction of sp³-hybridized carbons (Fsp3) is 0.923. The number of amides is 1. The lowest BCUT2D eigenvalue weighted by molar-refractivity contribution is -0.136. The zero-order valence-electron chi connectivity index (χ0n) is 11.1. The third-order valence-electron chi connectivity index (χ3n) is 3.63. The molecule has 0 radical (unpaired) electrons. The molecule has 1 saturated heterocycles. The average molecular weight is 226 g/mol. The predicted octanol–water partition coefficient (Wildman–Crippen LogP) is 1.88. The van der Waals surface area contributed by atoms with Gasteiger partial charge in [-0.2, -0.15) is 0 Å². The summed E-state index contributed by atoms with van der Waals surface area (Å²) in [7, 11) is 0. The van der Waals surface area contributed by atoms with Crippen LogP contribution in [0.25, 0.3) is 0 Å². The first-order valence-corrected chi connectivity index (χ1v) is 6.58. The van der Waals surface area contributed by atoms with Gasteiger partial charge >= 0.3 is 0 Å². The number of hydrogen-bond acceptors (Lipinski definition) is 2. The highest BCUT2D eigenvalue weighted by atomic mass is 16.2. The summed E-state index contributed by atoms with van der Waals surface area (Å²) in [6, 6.07) is 0.0677. The first kappa shape index (κ1) is 13.5. The van der Waals surface area contributed by atoms with Crippen LogP contribution in [0.15, 0.2) is 0 Å². The number of likely N-dealkylation sites (tertiary alicyclic amines) is 1. The van der Waals surface area contributed by atoms with Crippen LogP contribution in [0, 0.1) is 11.8 Å². The zero-order chi connectivity index (χ0) is 12.1. The first-order valence-electron chi connectivity index (χ1n) is 6.58. The molecular formula is C13H26N2O. The Bertz CT molecular complexity index is 226. The molecule has 1 rings (SSSR count). The van der Waals surface area contributed by atoms with E-state index in [1.165, 1.54) is 0 Å². The molecule has 1 amide bonds. The molecule has 0 aromatic carbocycles. The van der Waals surface area contributed by atoms with Crippen molar-refractivity contribution in [3.63, 3.8) is 0 Å². The number of carbonyl (C=O) groups excluding carboxylic acids is 1. The molecule has 0 aliphatic carbocycles. The highest BCUT2D eigenvalue weighted by Crippen LogP contribution is 2.17. The van der Waals surface area contributed by atoms with Crippen molar-refractivity contribution < 1.29 is 4.79 Å². The molecule has 94 valence electrons. The van der Waals surface area contributed by atoms with Gasteiger partial charge in [-0.1, -0.05) is 27.7 Å². The lowest BCUT2D eigenvalue weighted by atomic mass is 9.95. The summed E-state index contributed by atoms with van der Waals surface area (Å²) in [5.41, 5.74) is 0. The van der Waals surface area contributed by atoms with E-state index in [2.05, 4.69) is 33.0 Å². The second kappa shape index (κ2) is 6.24. The Labute approximate surface area is 99.6 Å². The quantitative estimate of drug-likeness (QED) is 0.776. The number of rotatable bonds is 5. The lowest BCUT2D eigenvalue weighted by Gasteiger charge is -2.35. The number of carbonyl (C=O) groups is 1. The van der Waals surface area contributed by atoms with E-state index in [1.54, 1.807) is 0 Å². The summed E-state index contributed by atoms with van der Waals surface area (Å²) in [6.07, 6.45) is 2.13. The van der Waals surface area contributed by atoms with Crippen LogP contribution in [0.1, 0.15) is 40.5 Å². The van der Waals surface area contributed by atoms with Crippen molar-refractivity contribution in [1.82, 2.24) is 10.2 Å². The topological polar surface area (TPSA) is 32.3 Å². The minimum Gasteiger partial charge on any atom is -0.341 e. The molecule has 0 bridgehead atoms. The Balaban J connectivity index is 2.50. The zero-order valence-corrected chi connectivity index (χ0v) is 11.1. The van der Waals surface area contributed by atoms with E-state index < -0.39 is 0 Å². The Morgan fingerprint density at radius 3 is 2.69 bits per heavy atom. The molecule has 3 heteroatoms. The standard InChI is InChI=1S/C13H26N2O/c1-5-14-12-7-6-8-15(13(12)16)9-11(4)10(2)3/h10-12,14H,5-9H2,1-4H3. The smallest absolute Gasteiger partial charge is 0.239 e. The van der Waals surface area contributed by atoms with Crippen LogP contribution in [0.5, 0.6) is 0 Å². The molecule has 2 atom stereocenters. The van der Waals surface area contributed by atoms with Gasteiger partial charge < -0.3 is 10.2 Å². The molecule has 3 nitrogen and oxygen atoms in total. The van der Waals surface area contributed by atoms with Gasteiger partial charge in [-0.05, 0) is 31.2 Å². The molecule has 1 fully saturated rings. The van der Waals surface area contributed by atoms with Crippen molar-refractivity contribution in [3.8, 4) is 0 Å². The SMILES string of the molecule is CCNC1CCCN(CC(C)C(C)C)C1=O. The normalized spacial score (nSPS) is 23.9. The van der Waals surface area contributed by atoms with E-state index in [-0.39, 0.29) is 6.04 Å². The van der Waals surface area contributed by atoms with Crippen molar-refractivity contribution in [1.29, 1.82) is 0 Å². The maximum absolute atomic E-state index is 12.1. The van der Waals surface area contributed by atoms with Gasteiger partial charge in [0.15, 0.2) is 0 Å². The van der Waals surface area contributed by atoms with Crippen molar-refractivity contribution in [2.24, 2.45) is 11.8 Å². The van der Waals surface area contributed by atoms with Crippen LogP contribution in [0.4, 0.5) is 0 Å². The molecule has 16 heavy (non-hydrogen) atoms. The fourth-order valence-corrected chi connectivity index (χ4v) is 2.12. The van der Waals surface area contributed by atoms with Crippen molar-refractivity contribution >= 4 is 5.91 Å². The van der Waals surface area contributed by atoms with Gasteiger partial charge in [0.25, 0.3) is 0 Å². The minimum atomic E-state index is 0.0677. The monoisotopic (exact) mass is 226 g/mol. The third-order valence-corrected chi connectivity index (χ3v) is 3.63. The fourth-order valence-electron chi connectivity index (χ4n) is 2.12. The van der Waals surface area contributed by atoms with Crippen LogP contribution in [0.3, 0.4) is 0 Å². The molecule has 1 N–H and O–H groups in total. The van der Waals surface area contributed by atoms with Gasteiger partial charge in [0.2, 0.25) is 5.91 Å². The van der Waals surface area contributed by atoms with E-state index in [9.17, 15) is 4.79 Å².